The Labute approximate surface area is 779 Å². The third-order valence-corrected chi connectivity index (χ3v) is 17.6. The van der Waals surface area contributed by atoms with E-state index in [4.69, 9.17) is 4.74 Å². The largest absolute Gasteiger partial charge is 0.459 e. The number of carbonyl (C=O) groups excluding carboxylic acids is 5. The molecule has 0 bridgehead atoms. The van der Waals surface area contributed by atoms with E-state index in [2.05, 4.69) is 306 Å². The Morgan fingerprint density at radius 1 is 0.402 bits per heavy atom. The van der Waals surface area contributed by atoms with Gasteiger partial charge < -0.3 is 24.3 Å². The van der Waals surface area contributed by atoms with E-state index in [1.165, 1.54) is 41.5 Å². The van der Waals surface area contributed by atoms with Crippen LogP contribution >= 0.6 is 0 Å². The summed E-state index contributed by atoms with van der Waals surface area (Å²) in [5.74, 6) is 0.436. The second-order valence-electron chi connectivity index (χ2n) is 40.6. The number of nitrogens with zero attached hydrogens (tertiary/aromatic N) is 11. The zero-order chi connectivity index (χ0) is 97.7. The number of hydrogen-bond acceptors (Lipinski definition) is 13. The molecule has 1 atom stereocenters. The van der Waals surface area contributed by atoms with Crippen molar-refractivity contribution in [3.8, 4) is 0 Å². The molecule has 0 saturated heterocycles. The molecular formula is C110H183N11O6. The summed E-state index contributed by atoms with van der Waals surface area (Å²) >= 11 is 0. The first-order chi connectivity index (χ1) is 56.7. The maximum absolute atomic E-state index is 11.4. The highest BCUT2D eigenvalue weighted by molar-refractivity contribution is 5.88. The minimum absolute atomic E-state index is 0. The van der Waals surface area contributed by atoms with Crippen LogP contribution in [0, 0.1) is 27.1 Å². The Kier molecular flexibility index (Phi) is 67.3. The molecule has 0 aliphatic carbocycles. The van der Waals surface area contributed by atoms with Crippen LogP contribution in [-0.4, -0.2) is 143 Å². The maximum Gasteiger partial charge on any atom is 0.330 e. The molecule has 0 saturated carbocycles. The zero-order valence-electron chi connectivity index (χ0n) is 84.3. The average molecular weight is 1760 g/mol. The number of likely N-dealkylation sites (N-methyl/N-ethyl adjacent to an activating group) is 2. The molecule has 5 aromatic rings. The van der Waals surface area contributed by atoms with Crippen LogP contribution < -0.4 is 0 Å². The fraction of sp³-hybridized carbons (Fsp3) is 0.527. The lowest BCUT2D eigenvalue weighted by atomic mass is 9.86. The molecule has 4 amide bonds. The monoisotopic (exact) mass is 1750 g/mol. The normalized spacial score (nSPS) is 11.2. The summed E-state index contributed by atoms with van der Waals surface area (Å²) in [7, 11) is 0. The van der Waals surface area contributed by atoms with E-state index in [0.717, 1.165) is 92.0 Å². The van der Waals surface area contributed by atoms with Crippen LogP contribution in [0.3, 0.4) is 0 Å². The van der Waals surface area contributed by atoms with Crippen molar-refractivity contribution in [2.24, 2.45) is 27.1 Å². The molecule has 17 heteroatoms. The number of esters is 1. The van der Waals surface area contributed by atoms with Gasteiger partial charge in [0.2, 0.25) is 23.6 Å². The fourth-order valence-electron chi connectivity index (χ4n) is 9.74. The predicted molar refractivity (Wildman–Crippen MR) is 557 cm³/mol. The maximum atomic E-state index is 11.4. The molecule has 714 valence electrons. The Morgan fingerprint density at radius 2 is 0.819 bits per heavy atom. The van der Waals surface area contributed by atoms with E-state index in [1.54, 1.807) is 89.0 Å². The van der Waals surface area contributed by atoms with Gasteiger partial charge in [-0.15, -0.1) is 13.2 Å². The van der Waals surface area contributed by atoms with Crippen molar-refractivity contribution in [2.45, 2.75) is 304 Å². The minimum atomic E-state index is -0.264. The highest BCUT2D eigenvalue weighted by Crippen LogP contribution is 2.28. The van der Waals surface area contributed by atoms with Crippen LogP contribution in [0.5, 0.6) is 0 Å². The first-order valence-corrected chi connectivity index (χ1v) is 43.1. The van der Waals surface area contributed by atoms with Crippen molar-refractivity contribution >= 4 is 60.0 Å². The molecule has 0 aliphatic heterocycles. The predicted octanol–water partition coefficient (Wildman–Crippen LogP) is 27.7. The molecule has 1 unspecified atom stereocenters. The summed E-state index contributed by atoms with van der Waals surface area (Å²) in [5.41, 5.74) is 11.0. The van der Waals surface area contributed by atoms with Crippen LogP contribution in [0.1, 0.15) is 327 Å². The van der Waals surface area contributed by atoms with Gasteiger partial charge in [0.05, 0.1) is 22.8 Å². The number of rotatable bonds is 23. The second kappa shape index (κ2) is 64.6. The molecule has 5 heterocycles. The molecule has 0 fully saturated rings. The summed E-state index contributed by atoms with van der Waals surface area (Å²) in [6, 6.07) is 18.1. The molecule has 0 aliphatic rings. The highest BCUT2D eigenvalue weighted by atomic mass is 16.5. The van der Waals surface area contributed by atoms with E-state index >= 15 is 0 Å². The Morgan fingerprint density at radius 3 is 1.20 bits per heavy atom. The van der Waals surface area contributed by atoms with Crippen molar-refractivity contribution in [3.05, 3.63) is 257 Å². The van der Waals surface area contributed by atoms with Crippen molar-refractivity contribution in [3.63, 3.8) is 0 Å². The van der Waals surface area contributed by atoms with Gasteiger partial charge in [0.1, 0.15) is 12.4 Å². The van der Waals surface area contributed by atoms with Crippen molar-refractivity contribution in [1.82, 2.24) is 54.5 Å². The van der Waals surface area contributed by atoms with Gasteiger partial charge in [-0.25, -0.2) is 24.7 Å². The minimum Gasteiger partial charge on any atom is -0.459 e. The van der Waals surface area contributed by atoms with Crippen molar-refractivity contribution in [1.29, 1.82) is 0 Å². The quantitative estimate of drug-likeness (QED) is 0.0340. The van der Waals surface area contributed by atoms with E-state index in [1.807, 2.05) is 95.1 Å². The molecule has 127 heavy (non-hydrogen) atoms. The van der Waals surface area contributed by atoms with Gasteiger partial charge in [0, 0.05) is 110 Å². The number of pyridine rings is 3. The number of carbonyl (C=O) groups is 5. The molecule has 5 aromatic heterocycles. The number of amides is 4. The third-order valence-electron chi connectivity index (χ3n) is 17.6. The molecule has 0 N–H and O–H groups in total. The van der Waals surface area contributed by atoms with Gasteiger partial charge in [-0.3, -0.25) is 34.1 Å². The van der Waals surface area contributed by atoms with Crippen LogP contribution in [0.2, 0.25) is 0 Å². The van der Waals surface area contributed by atoms with Gasteiger partial charge in [0.15, 0.2) is 5.82 Å². The molecule has 0 spiro atoms. The molecule has 0 radical (unpaired) electrons. The van der Waals surface area contributed by atoms with E-state index in [9.17, 15) is 24.0 Å². The highest BCUT2D eigenvalue weighted by Gasteiger charge is 2.25. The van der Waals surface area contributed by atoms with Crippen molar-refractivity contribution in [2.75, 3.05) is 52.4 Å². The SMILES string of the molecule is C.C.C.C/C=C/C(=O)OC(C)C(C)(C)C.C=CC(=O)N(CC)CC(C)(C)C.C=CC(=O)N(CC)CCC(C)(C)C.C=CCN(CC(C)(C)C)C(=O)C=C.C=CCN(CCC(C)(C)C)C(=O)C=C.C=Cc1cc(C(C)(C)C)ccn1.C=Cc1cc(C(C)(C)C)ncn1.C=Cc1cccc(C(C)(C)C)n1.C=Cc1nccc(C(C)(C)C)n1.C=Cc1ncccc1C(C)(C)C. The smallest absolute Gasteiger partial charge is 0.330 e. The van der Waals surface area contributed by atoms with Crippen LogP contribution in [-0.2, 0) is 55.8 Å². The van der Waals surface area contributed by atoms with Crippen LogP contribution in [0.15, 0.2) is 200 Å². The Bertz CT molecular complexity index is 3840. The lowest BCUT2D eigenvalue weighted by Gasteiger charge is -2.28. The summed E-state index contributed by atoms with van der Waals surface area (Å²) < 4.78 is 5.13. The second-order valence-corrected chi connectivity index (χ2v) is 40.6. The standard InChI is InChI=1S/C12H21NO.C11H21NO.C11H19NO.3C11H15N.2C10H14N2.C10H19NO.C10H18O2.3CH4/c1-6-9-13(11(14)7-2)10-8-12(3,4)5;1-6-10(13)12(7-2)9-8-11(3,4)5;1-6-8-12(10(13)7-2)9-11(3,4)5;1-5-10-8-9(6-7-12-10)11(2,3)4;1-5-10-9(11(2,3)4)7-6-8-12-10;1-5-9-7-6-8-10(12-9)11(2,3)4;1-5-8-6-9(10(2,3)4)12-7-11-8;1-5-9-11-7-6-8(12-9)10(2,3)4;1-6-9(12)11(7-2)8-10(3,4)5;1-6-7-9(11)12-8(2)10(3,4)5;;;/h6-7H,1-2,8-10H2,3-5H3;6H,1,7-9H2,2-5H3;6-7H,1-2,8-9H2,3-5H3;3*5-8H,1H2,2-4H3;2*5-7H,1H2,2-4H3;6H,1,7-8H2,2-5H3;6-8H,1-5H3;3*1H4/b;;;;;;;;;7-6+;;;. The van der Waals surface area contributed by atoms with Gasteiger partial charge >= 0.3 is 5.97 Å². The number of hydrogen-bond donors (Lipinski definition) is 0. The van der Waals surface area contributed by atoms with Gasteiger partial charge in [-0.2, -0.15) is 0 Å². The van der Waals surface area contributed by atoms with Gasteiger partial charge in [-0.05, 0) is 187 Å². The number of aromatic nitrogens is 7. The third kappa shape index (κ3) is 66.9. The van der Waals surface area contributed by atoms with Crippen LogP contribution in [0.25, 0.3) is 30.4 Å². The Balaban J connectivity index is -0.000000206. The van der Waals surface area contributed by atoms with Gasteiger partial charge in [-0.1, -0.05) is 320 Å². The summed E-state index contributed by atoms with van der Waals surface area (Å²) in [6.45, 7) is 117. The van der Waals surface area contributed by atoms with Gasteiger partial charge in [0.25, 0.3) is 0 Å². The lowest BCUT2D eigenvalue weighted by Crippen LogP contribution is -2.36. The van der Waals surface area contributed by atoms with E-state index < -0.39 is 0 Å². The summed E-state index contributed by atoms with van der Waals surface area (Å²) in [5, 5.41) is 0. The lowest BCUT2D eigenvalue weighted by molar-refractivity contribution is -0.147. The van der Waals surface area contributed by atoms with E-state index in [0.29, 0.717) is 18.9 Å². The Hall–Kier alpha value is -10.2. The molecule has 0 aromatic carbocycles. The topological polar surface area (TPSA) is 198 Å². The average Bonchev–Trinajstić information content (AvgIpc) is 0.563. The summed E-state index contributed by atoms with van der Waals surface area (Å²) in [6.07, 6.45) is 29.7. The molecular weight excluding hydrogens is 1570 g/mol. The van der Waals surface area contributed by atoms with E-state index in [-0.39, 0.29) is 112 Å². The fourth-order valence-corrected chi connectivity index (χ4v) is 9.74. The summed E-state index contributed by atoms with van der Waals surface area (Å²) in [4.78, 5) is 92.8. The first-order valence-electron chi connectivity index (χ1n) is 43.1. The van der Waals surface area contributed by atoms with Crippen LogP contribution in [0.4, 0.5) is 0 Å². The van der Waals surface area contributed by atoms with Crippen molar-refractivity contribution < 1.29 is 28.7 Å². The number of allylic oxidation sites excluding steroid dienone is 1. The molecule has 5 rings (SSSR count). The number of ether oxygens (including phenoxy) is 1. The zero-order valence-corrected chi connectivity index (χ0v) is 84.3. The molecule has 17 nitrogen and oxygen atoms in total. The first kappa shape index (κ1) is 132.